The summed E-state index contributed by atoms with van der Waals surface area (Å²) in [6.07, 6.45) is 1.59. The summed E-state index contributed by atoms with van der Waals surface area (Å²) in [5.41, 5.74) is -1.58. The lowest BCUT2D eigenvalue weighted by atomic mass is 9.80. The minimum atomic E-state index is -2.35. The summed E-state index contributed by atoms with van der Waals surface area (Å²) in [5, 5.41) is 2.25. The maximum Gasteiger partial charge on any atom is 0.262 e. The highest BCUT2D eigenvalue weighted by atomic mass is 19.2. The quantitative estimate of drug-likeness (QED) is 0.676. The van der Waals surface area contributed by atoms with Crippen molar-refractivity contribution < 1.29 is 22.4 Å². The molecule has 1 N–H and O–H groups in total. The maximum atomic E-state index is 15.4. The van der Waals surface area contributed by atoms with Crippen LogP contribution in [0, 0.1) is 17.5 Å². The lowest BCUT2D eigenvalue weighted by Crippen LogP contribution is -2.43. The lowest BCUT2D eigenvalue weighted by Gasteiger charge is -2.31. The molecule has 1 aliphatic rings. The zero-order valence-corrected chi connectivity index (χ0v) is 13.1. The van der Waals surface area contributed by atoms with Gasteiger partial charge in [0, 0.05) is 23.9 Å². The van der Waals surface area contributed by atoms with Gasteiger partial charge in [-0.15, -0.1) is 0 Å². The summed E-state index contributed by atoms with van der Waals surface area (Å²) in [6.45, 7) is 3.35. The molecule has 0 aliphatic heterocycles. The zero-order valence-electron chi connectivity index (χ0n) is 13.1. The Morgan fingerprint density at radius 1 is 1.24 bits per heavy atom. The second-order valence-electron chi connectivity index (χ2n) is 5.82. The van der Waals surface area contributed by atoms with Gasteiger partial charge in [0.25, 0.3) is 5.91 Å². The normalized spacial score (nSPS) is 19.4. The summed E-state index contributed by atoms with van der Waals surface area (Å²) >= 11 is 0. The van der Waals surface area contributed by atoms with E-state index in [-0.39, 0.29) is 24.0 Å². The number of amides is 1. The van der Waals surface area contributed by atoms with Gasteiger partial charge >= 0.3 is 0 Å². The maximum absolute atomic E-state index is 15.4. The number of hydrogen-bond acceptors (Lipinski definition) is 2. The lowest BCUT2D eigenvalue weighted by molar-refractivity contribution is -0.134. The minimum absolute atomic E-state index is 0.0921. The van der Waals surface area contributed by atoms with Crippen molar-refractivity contribution in [1.82, 2.24) is 10.3 Å². The highest BCUT2D eigenvalue weighted by molar-refractivity contribution is 5.89. The molecule has 1 atom stereocenters. The van der Waals surface area contributed by atoms with Crippen LogP contribution in [0.1, 0.15) is 29.7 Å². The molecule has 1 aromatic heterocycles. The van der Waals surface area contributed by atoms with Gasteiger partial charge in [-0.25, -0.2) is 17.6 Å². The molecule has 2 aromatic rings. The fraction of sp³-hybridized carbons (Fsp3) is 0.222. The van der Waals surface area contributed by atoms with E-state index in [2.05, 4.69) is 16.9 Å². The molecule has 130 valence electrons. The smallest absolute Gasteiger partial charge is 0.262 e. The van der Waals surface area contributed by atoms with Crippen LogP contribution in [0.15, 0.2) is 37.0 Å². The van der Waals surface area contributed by atoms with Crippen LogP contribution in [0.4, 0.5) is 17.6 Å². The van der Waals surface area contributed by atoms with Crippen LogP contribution >= 0.6 is 0 Å². The molecule has 1 amide bonds. The van der Waals surface area contributed by atoms with Crippen LogP contribution in [-0.2, 0) is 17.0 Å². The first-order valence-electron chi connectivity index (χ1n) is 7.58. The third kappa shape index (κ3) is 2.90. The number of rotatable bonds is 3. The number of halogens is 4. The van der Waals surface area contributed by atoms with Crippen molar-refractivity contribution in [3.05, 3.63) is 71.3 Å². The first-order chi connectivity index (χ1) is 11.8. The number of hydrogen-bond donors (Lipinski definition) is 1. The van der Waals surface area contributed by atoms with E-state index >= 15 is 4.39 Å². The average Bonchev–Trinajstić information content (AvgIpc) is 2.62. The van der Waals surface area contributed by atoms with Gasteiger partial charge in [-0.2, -0.15) is 0 Å². The van der Waals surface area contributed by atoms with Gasteiger partial charge < -0.3 is 5.32 Å². The minimum Gasteiger partial charge on any atom is -0.349 e. The van der Waals surface area contributed by atoms with Gasteiger partial charge in [0.1, 0.15) is 0 Å². The largest absolute Gasteiger partial charge is 0.349 e. The van der Waals surface area contributed by atoms with Gasteiger partial charge in [0.15, 0.2) is 17.5 Å². The second kappa shape index (κ2) is 6.31. The number of alkyl halides is 1. The van der Waals surface area contributed by atoms with Crippen molar-refractivity contribution in [2.24, 2.45) is 0 Å². The van der Waals surface area contributed by atoms with Crippen LogP contribution in [0.2, 0.25) is 0 Å². The molecule has 3 rings (SSSR count). The monoisotopic (exact) mass is 350 g/mol. The fourth-order valence-electron chi connectivity index (χ4n) is 2.84. The molecule has 25 heavy (non-hydrogen) atoms. The van der Waals surface area contributed by atoms with Crippen molar-refractivity contribution in [3.8, 4) is 0 Å². The van der Waals surface area contributed by atoms with E-state index in [1.54, 1.807) is 0 Å². The second-order valence-corrected chi connectivity index (χ2v) is 5.82. The molecule has 1 heterocycles. The third-order valence-corrected chi connectivity index (χ3v) is 4.26. The number of carbonyl (C=O) groups excluding carboxylic acids is 1. The number of pyridine rings is 1. The number of aromatic nitrogens is 1. The van der Waals surface area contributed by atoms with Crippen molar-refractivity contribution in [1.29, 1.82) is 0 Å². The number of fused-ring (bicyclic) bond motifs is 1. The molecule has 0 saturated carbocycles. The molecule has 1 unspecified atom stereocenters. The summed E-state index contributed by atoms with van der Waals surface area (Å²) in [6, 6.07) is 4.70. The van der Waals surface area contributed by atoms with Crippen LogP contribution in [0.25, 0.3) is 5.57 Å². The Kier molecular flexibility index (Phi) is 4.32. The van der Waals surface area contributed by atoms with Crippen LogP contribution in [0.5, 0.6) is 0 Å². The zero-order chi connectivity index (χ0) is 18.2. The van der Waals surface area contributed by atoms with Gasteiger partial charge in [-0.05, 0) is 30.5 Å². The Bertz CT molecular complexity index is 868. The van der Waals surface area contributed by atoms with Gasteiger partial charge in [-0.1, -0.05) is 18.7 Å². The molecular formula is C18H14F4N2O. The molecule has 0 saturated heterocycles. The van der Waals surface area contributed by atoms with Crippen LogP contribution < -0.4 is 5.32 Å². The van der Waals surface area contributed by atoms with Crippen LogP contribution in [-0.4, -0.2) is 10.9 Å². The molecule has 0 bridgehead atoms. The third-order valence-electron chi connectivity index (χ3n) is 4.26. The van der Waals surface area contributed by atoms with Crippen molar-refractivity contribution in [2.75, 3.05) is 0 Å². The highest BCUT2D eigenvalue weighted by Gasteiger charge is 2.45. The van der Waals surface area contributed by atoms with E-state index in [4.69, 9.17) is 0 Å². The van der Waals surface area contributed by atoms with E-state index in [0.717, 1.165) is 12.1 Å². The SMILES string of the molecule is C=C1CCC(F)(C(=O)NCc2ccc(F)c(F)c2F)c2cccnc21. The molecule has 0 radical (unpaired) electrons. The van der Waals surface area contributed by atoms with Gasteiger partial charge in [0.05, 0.1) is 5.69 Å². The number of carbonyl (C=O) groups is 1. The first-order valence-corrected chi connectivity index (χ1v) is 7.58. The van der Waals surface area contributed by atoms with E-state index in [9.17, 15) is 18.0 Å². The first kappa shape index (κ1) is 17.1. The van der Waals surface area contributed by atoms with Crippen LogP contribution in [0.3, 0.4) is 0 Å². The molecule has 3 nitrogen and oxygen atoms in total. The van der Waals surface area contributed by atoms with E-state index in [1.807, 2.05) is 0 Å². The number of benzene rings is 1. The van der Waals surface area contributed by atoms with Crippen molar-refractivity contribution >= 4 is 11.5 Å². The summed E-state index contributed by atoms with van der Waals surface area (Å²) in [7, 11) is 0. The summed E-state index contributed by atoms with van der Waals surface area (Å²) < 4.78 is 55.2. The molecule has 1 aliphatic carbocycles. The molecular weight excluding hydrogens is 336 g/mol. The highest BCUT2D eigenvalue weighted by Crippen LogP contribution is 2.42. The summed E-state index contributed by atoms with van der Waals surface area (Å²) in [4.78, 5) is 16.5. The predicted molar refractivity (Wildman–Crippen MR) is 83.5 cm³/mol. The van der Waals surface area contributed by atoms with Crippen molar-refractivity contribution in [3.63, 3.8) is 0 Å². The standard InChI is InChI=1S/C18H14F4N2O/c1-10-6-7-18(22,12-3-2-8-23-16(10)12)17(25)24-9-11-4-5-13(19)15(21)14(11)20/h2-5,8H,1,6-7,9H2,(H,24,25). The average molecular weight is 350 g/mol. The summed E-state index contributed by atoms with van der Waals surface area (Å²) in [5.74, 6) is -5.36. The number of nitrogens with one attached hydrogen (secondary N) is 1. The van der Waals surface area contributed by atoms with Crippen molar-refractivity contribution in [2.45, 2.75) is 25.1 Å². The Labute approximate surface area is 141 Å². The number of nitrogens with zero attached hydrogens (tertiary/aromatic N) is 1. The molecule has 0 spiro atoms. The Morgan fingerprint density at radius 3 is 2.76 bits per heavy atom. The Hall–Kier alpha value is -2.70. The van der Waals surface area contributed by atoms with E-state index in [1.165, 1.54) is 18.3 Å². The van der Waals surface area contributed by atoms with E-state index in [0.29, 0.717) is 11.3 Å². The van der Waals surface area contributed by atoms with Gasteiger partial charge in [0.2, 0.25) is 5.67 Å². The number of allylic oxidation sites excluding steroid dienone is 1. The van der Waals surface area contributed by atoms with Gasteiger partial charge in [-0.3, -0.25) is 9.78 Å². The molecule has 0 fully saturated rings. The predicted octanol–water partition coefficient (Wildman–Crippen LogP) is 3.79. The molecule has 7 heteroatoms. The Balaban J connectivity index is 1.84. The fourth-order valence-corrected chi connectivity index (χ4v) is 2.84. The molecule has 1 aromatic carbocycles. The van der Waals surface area contributed by atoms with E-state index < -0.39 is 35.6 Å². The Morgan fingerprint density at radius 2 is 2.00 bits per heavy atom. The topological polar surface area (TPSA) is 42.0 Å².